The third-order valence-electron chi connectivity index (χ3n) is 9.17. The summed E-state index contributed by atoms with van der Waals surface area (Å²) in [6.45, 7) is 3.07. The Kier molecular flexibility index (Phi) is 8.01. The highest BCUT2D eigenvalue weighted by Gasteiger charge is 2.63. The minimum atomic E-state index is -4.47. The number of likely N-dealkylation sites (tertiary alicyclic amines) is 2. The molecule has 2 atom stereocenters. The molecule has 3 aliphatic heterocycles. The molecule has 4 heterocycles. The molecule has 1 aromatic heterocycles. The predicted octanol–water partition coefficient (Wildman–Crippen LogP) is 6.02. The van der Waals surface area contributed by atoms with E-state index in [0.29, 0.717) is 54.4 Å². The lowest BCUT2D eigenvalue weighted by molar-refractivity contribution is -0.127. The van der Waals surface area contributed by atoms with E-state index < -0.39 is 27.5 Å². The summed E-state index contributed by atoms with van der Waals surface area (Å²) >= 11 is 13.3. The van der Waals surface area contributed by atoms with E-state index in [9.17, 15) is 8.42 Å². The Hall–Kier alpha value is -3.61. The number of nitrogens with zero attached hydrogens (tertiary/aromatic N) is 4. The van der Waals surface area contributed by atoms with E-state index in [4.69, 9.17) is 37.1 Å². The van der Waals surface area contributed by atoms with E-state index in [1.807, 2.05) is 23.1 Å². The van der Waals surface area contributed by atoms with Crippen molar-refractivity contribution in [2.75, 3.05) is 38.2 Å². The SMILES string of the molecule is COc1ccc(S(=O)(=O)N2C(=O)C(c3cc(CN4CCC4)ccc3OC)(N3CCC[C@H]3c3ncco3)c3cc(Cl)c(Cl)cc32)cc1. The van der Waals surface area contributed by atoms with Crippen LogP contribution >= 0.6 is 23.2 Å². The van der Waals surface area contributed by atoms with E-state index in [1.54, 1.807) is 12.3 Å². The Morgan fingerprint density at radius 3 is 2.37 bits per heavy atom. The Labute approximate surface area is 277 Å². The molecular weight excluding hydrogens is 651 g/mol. The normalized spacial score (nSPS) is 21.8. The number of hydrogen-bond acceptors (Lipinski definition) is 9. The van der Waals surface area contributed by atoms with Crippen LogP contribution < -0.4 is 13.8 Å². The molecule has 1 amide bonds. The van der Waals surface area contributed by atoms with E-state index >= 15 is 4.79 Å². The molecule has 2 fully saturated rings. The molecule has 3 aromatic carbocycles. The first-order valence-corrected chi connectivity index (χ1v) is 17.2. The molecule has 0 aliphatic carbocycles. The van der Waals surface area contributed by atoms with Gasteiger partial charge in [0.2, 0.25) is 5.89 Å². The van der Waals surface area contributed by atoms with Crippen LogP contribution in [0, 0.1) is 0 Å². The molecule has 7 rings (SSSR count). The largest absolute Gasteiger partial charge is 0.497 e. The van der Waals surface area contributed by atoms with Crippen molar-refractivity contribution in [1.82, 2.24) is 14.8 Å². The molecule has 1 unspecified atom stereocenters. The van der Waals surface area contributed by atoms with Gasteiger partial charge in [-0.15, -0.1) is 0 Å². The number of fused-ring (bicyclic) bond motifs is 1. The number of rotatable bonds is 9. The number of hydrogen-bond donors (Lipinski definition) is 0. The van der Waals surface area contributed by atoms with E-state index in [-0.39, 0.29) is 20.6 Å². The summed E-state index contributed by atoms with van der Waals surface area (Å²) in [5.74, 6) is 0.637. The summed E-state index contributed by atoms with van der Waals surface area (Å²) in [5.41, 5.74) is 0.260. The van der Waals surface area contributed by atoms with Crippen molar-refractivity contribution in [2.24, 2.45) is 0 Å². The molecule has 46 heavy (non-hydrogen) atoms. The Bertz CT molecular complexity index is 1900. The van der Waals surface area contributed by atoms with Crippen molar-refractivity contribution in [2.45, 2.75) is 42.3 Å². The highest BCUT2D eigenvalue weighted by molar-refractivity contribution is 7.93. The number of carbonyl (C=O) groups excluding carboxylic acids is 1. The van der Waals surface area contributed by atoms with E-state index in [0.717, 1.165) is 29.4 Å². The molecule has 10 nitrogen and oxygen atoms in total. The zero-order valence-electron chi connectivity index (χ0n) is 25.3. The van der Waals surface area contributed by atoms with Crippen LogP contribution in [0.15, 0.2) is 76.4 Å². The lowest BCUT2D eigenvalue weighted by atomic mass is 9.80. The first-order valence-electron chi connectivity index (χ1n) is 15.0. The summed E-state index contributed by atoms with van der Waals surface area (Å²) in [4.78, 5) is 24.2. The Morgan fingerprint density at radius 2 is 1.72 bits per heavy atom. The van der Waals surface area contributed by atoms with Crippen LogP contribution in [0.1, 0.15) is 47.9 Å². The van der Waals surface area contributed by atoms with E-state index in [2.05, 4.69) is 9.88 Å². The van der Waals surface area contributed by atoms with Gasteiger partial charge in [-0.2, -0.15) is 0 Å². The van der Waals surface area contributed by atoms with Gasteiger partial charge in [0.25, 0.3) is 15.9 Å². The summed E-state index contributed by atoms with van der Waals surface area (Å²) in [6, 6.07) is 14.3. The van der Waals surface area contributed by atoms with Gasteiger partial charge in [0.1, 0.15) is 17.8 Å². The van der Waals surface area contributed by atoms with Gasteiger partial charge in [0.15, 0.2) is 5.54 Å². The molecular formula is C33H32Cl2N4O6S. The second-order valence-corrected chi connectivity index (χ2v) is 14.2. The molecule has 0 saturated carbocycles. The van der Waals surface area contributed by atoms with Crippen molar-refractivity contribution in [3.8, 4) is 11.5 Å². The van der Waals surface area contributed by atoms with Crippen LogP contribution in [0.2, 0.25) is 10.0 Å². The fourth-order valence-electron chi connectivity index (χ4n) is 6.91. The lowest BCUT2D eigenvalue weighted by Crippen LogP contribution is -2.54. The summed E-state index contributed by atoms with van der Waals surface area (Å²) in [6.07, 6.45) is 5.53. The van der Waals surface area contributed by atoms with Crippen molar-refractivity contribution in [1.29, 1.82) is 0 Å². The number of anilines is 1. The first kappa shape index (κ1) is 31.0. The topological polar surface area (TPSA) is 105 Å². The maximum absolute atomic E-state index is 15.5. The van der Waals surface area contributed by atoms with Crippen molar-refractivity contribution in [3.05, 3.63) is 99.7 Å². The fraction of sp³-hybridized carbons (Fsp3) is 0.333. The average Bonchev–Trinajstić information content (AvgIpc) is 3.79. The molecule has 4 aromatic rings. The molecule has 3 aliphatic rings. The number of oxazole rings is 1. The van der Waals surface area contributed by atoms with Gasteiger partial charge in [0, 0.05) is 24.2 Å². The quantitative estimate of drug-likeness (QED) is 0.210. The number of carbonyl (C=O) groups is 1. The highest BCUT2D eigenvalue weighted by atomic mass is 35.5. The van der Waals surface area contributed by atoms with Gasteiger partial charge in [0.05, 0.1) is 47.1 Å². The molecule has 0 radical (unpaired) electrons. The number of ether oxygens (including phenoxy) is 2. The molecule has 0 spiro atoms. The fourth-order valence-corrected chi connectivity index (χ4v) is 8.68. The number of sulfonamides is 1. The standard InChI is InChI=1S/C33H32Cl2N4O6S/c1-43-22-7-9-23(10-8-22)46(41,42)39-29-19-27(35)26(34)18-24(29)33(32(39)40,38-15-3-5-28(38)31-36-12-16-45-31)25-17-21(6-11-30(25)44-2)20-37-13-4-14-37/h6-12,16-19,28H,3-5,13-15,20H2,1-2H3/t28-,33?/m0/s1. The van der Waals surface area contributed by atoms with Crippen LogP contribution in [-0.4, -0.2) is 63.0 Å². The zero-order chi connectivity index (χ0) is 32.2. The predicted molar refractivity (Wildman–Crippen MR) is 173 cm³/mol. The number of benzene rings is 3. The van der Waals surface area contributed by atoms with Gasteiger partial charge in [-0.05, 0) is 86.4 Å². The van der Waals surface area contributed by atoms with Crippen molar-refractivity contribution < 1.29 is 27.1 Å². The zero-order valence-corrected chi connectivity index (χ0v) is 27.6. The monoisotopic (exact) mass is 682 g/mol. The second kappa shape index (κ2) is 11.9. The van der Waals surface area contributed by atoms with Crippen LogP contribution in [0.5, 0.6) is 11.5 Å². The lowest BCUT2D eigenvalue weighted by Gasteiger charge is -2.41. The van der Waals surface area contributed by atoms with Crippen molar-refractivity contribution >= 4 is 44.8 Å². The van der Waals surface area contributed by atoms with Crippen LogP contribution in [0.3, 0.4) is 0 Å². The van der Waals surface area contributed by atoms with Crippen LogP contribution in [0.4, 0.5) is 5.69 Å². The highest BCUT2D eigenvalue weighted by Crippen LogP contribution is 2.57. The van der Waals surface area contributed by atoms with Gasteiger partial charge >= 0.3 is 0 Å². The molecule has 0 bridgehead atoms. The maximum atomic E-state index is 15.5. The molecule has 13 heteroatoms. The molecule has 0 N–H and O–H groups in total. The van der Waals surface area contributed by atoms with Crippen molar-refractivity contribution in [3.63, 3.8) is 0 Å². The van der Waals surface area contributed by atoms with Gasteiger partial charge in [-0.1, -0.05) is 29.3 Å². The van der Waals surface area contributed by atoms with Gasteiger partial charge < -0.3 is 13.9 Å². The smallest absolute Gasteiger partial charge is 0.271 e. The second-order valence-electron chi connectivity index (χ2n) is 11.6. The molecule has 240 valence electrons. The summed E-state index contributed by atoms with van der Waals surface area (Å²) in [7, 11) is -1.43. The number of amides is 1. The maximum Gasteiger partial charge on any atom is 0.271 e. The summed E-state index contributed by atoms with van der Waals surface area (Å²) in [5, 5.41) is 0.298. The number of methoxy groups -OCH3 is 2. The Morgan fingerprint density at radius 1 is 0.957 bits per heavy atom. The Balaban J connectivity index is 1.52. The third kappa shape index (κ3) is 4.79. The third-order valence-corrected chi connectivity index (χ3v) is 11.6. The minimum absolute atomic E-state index is 0.0846. The minimum Gasteiger partial charge on any atom is -0.497 e. The van der Waals surface area contributed by atoms with Crippen LogP contribution in [0.25, 0.3) is 0 Å². The number of halogens is 2. The summed E-state index contributed by atoms with van der Waals surface area (Å²) < 4.78 is 47.0. The van der Waals surface area contributed by atoms with Crippen LogP contribution in [-0.2, 0) is 26.9 Å². The molecule has 2 saturated heterocycles. The number of aromatic nitrogens is 1. The first-order chi connectivity index (χ1) is 22.2. The average molecular weight is 684 g/mol. The van der Waals surface area contributed by atoms with E-state index in [1.165, 1.54) is 50.8 Å². The van der Waals surface area contributed by atoms with Gasteiger partial charge in [-0.25, -0.2) is 17.7 Å². The van der Waals surface area contributed by atoms with Gasteiger partial charge in [-0.3, -0.25) is 14.6 Å².